The molecule has 4 rings (SSSR count). The number of nitrogens with zero attached hydrogens (tertiary/aromatic N) is 2. The highest BCUT2D eigenvalue weighted by molar-refractivity contribution is 6.07. The fourth-order valence-electron chi connectivity index (χ4n) is 4.56. The van der Waals surface area contributed by atoms with Gasteiger partial charge in [0.2, 0.25) is 0 Å². The van der Waals surface area contributed by atoms with Crippen molar-refractivity contribution in [1.29, 1.82) is 0 Å². The molecule has 2 atom stereocenters. The summed E-state index contributed by atoms with van der Waals surface area (Å²) in [5.41, 5.74) is 8.13. The van der Waals surface area contributed by atoms with E-state index in [9.17, 15) is 22.8 Å². The van der Waals surface area contributed by atoms with E-state index in [4.69, 9.17) is 5.73 Å². The highest BCUT2D eigenvalue weighted by Crippen LogP contribution is 2.39. The first-order valence-electron chi connectivity index (χ1n) is 10.2. The summed E-state index contributed by atoms with van der Waals surface area (Å²) in [6.07, 6.45) is -1.05. The van der Waals surface area contributed by atoms with Gasteiger partial charge in [0, 0.05) is 29.6 Å². The van der Waals surface area contributed by atoms with E-state index in [1.54, 1.807) is 6.07 Å². The summed E-state index contributed by atoms with van der Waals surface area (Å²) in [5.74, 6) is -2.76. The predicted octanol–water partition coefficient (Wildman–Crippen LogP) is 4.16. The summed E-state index contributed by atoms with van der Waals surface area (Å²) in [6, 6.07) is 14.8. The minimum atomic E-state index is -5.10. The normalized spacial score (nSPS) is 21.8. The number of carbonyl (C=O) groups excluding carboxylic acids is 2. The van der Waals surface area contributed by atoms with E-state index < -0.39 is 17.9 Å². The van der Waals surface area contributed by atoms with Crippen LogP contribution >= 0.6 is 0 Å². The van der Waals surface area contributed by atoms with Gasteiger partial charge in [-0.2, -0.15) is 18.2 Å². The molecule has 0 radical (unpaired) electrons. The van der Waals surface area contributed by atoms with Crippen LogP contribution in [0.2, 0.25) is 0 Å². The van der Waals surface area contributed by atoms with Gasteiger partial charge in [-0.15, -0.1) is 0 Å². The minimum Gasteiger partial charge on any atom is -0.383 e. The average Bonchev–Trinajstić information content (AvgIpc) is 3.09. The van der Waals surface area contributed by atoms with Crippen molar-refractivity contribution in [3.05, 3.63) is 70.8 Å². The maximum absolute atomic E-state index is 13.2. The first-order valence-corrected chi connectivity index (χ1v) is 10.2. The number of fused-ring (bicyclic) bond motifs is 1. The van der Waals surface area contributed by atoms with Crippen molar-refractivity contribution < 1.29 is 22.8 Å². The van der Waals surface area contributed by atoms with Gasteiger partial charge in [-0.1, -0.05) is 55.3 Å². The van der Waals surface area contributed by atoms with Crippen LogP contribution in [0.25, 0.3) is 0 Å². The maximum Gasteiger partial charge on any atom is 0.473 e. The summed E-state index contributed by atoms with van der Waals surface area (Å²) in [4.78, 5) is 29.1. The summed E-state index contributed by atoms with van der Waals surface area (Å²) >= 11 is 0. The van der Waals surface area contributed by atoms with Gasteiger partial charge in [0.05, 0.1) is 0 Å². The number of halogens is 3. The van der Waals surface area contributed by atoms with Crippen LogP contribution in [0.15, 0.2) is 53.5 Å². The number of rotatable bonds is 3. The van der Waals surface area contributed by atoms with Crippen LogP contribution in [0.4, 0.5) is 13.2 Å². The molecule has 1 saturated carbocycles. The Kier molecular flexibility index (Phi) is 5.56. The van der Waals surface area contributed by atoms with E-state index in [0.29, 0.717) is 12.1 Å². The number of carbonyl (C=O) groups is 2. The molecule has 8 heteroatoms. The Hall–Kier alpha value is -3.16. The van der Waals surface area contributed by atoms with E-state index in [-0.39, 0.29) is 23.4 Å². The molecule has 0 bridgehead atoms. The van der Waals surface area contributed by atoms with Gasteiger partial charge in [0.25, 0.3) is 5.91 Å². The van der Waals surface area contributed by atoms with Gasteiger partial charge in [0.15, 0.2) is 0 Å². The van der Waals surface area contributed by atoms with Crippen LogP contribution in [0, 0.1) is 0 Å². The van der Waals surface area contributed by atoms with Crippen LogP contribution in [0.3, 0.4) is 0 Å². The van der Waals surface area contributed by atoms with Gasteiger partial charge in [-0.3, -0.25) is 9.59 Å². The third kappa shape index (κ3) is 4.19. The molecule has 1 heterocycles. The zero-order valence-electron chi connectivity index (χ0n) is 16.7. The second-order valence-electron chi connectivity index (χ2n) is 7.97. The molecule has 0 spiro atoms. The van der Waals surface area contributed by atoms with E-state index in [1.165, 1.54) is 17.7 Å². The topological polar surface area (TPSA) is 75.8 Å². The highest BCUT2D eigenvalue weighted by atomic mass is 19.4. The fraction of sp³-hybridized carbons (Fsp3) is 0.348. The third-order valence-corrected chi connectivity index (χ3v) is 6.06. The van der Waals surface area contributed by atoms with Crippen molar-refractivity contribution in [2.24, 2.45) is 10.7 Å². The van der Waals surface area contributed by atoms with Crippen LogP contribution in [-0.2, 0) is 11.3 Å². The van der Waals surface area contributed by atoms with Crippen LogP contribution < -0.4 is 5.73 Å². The predicted molar refractivity (Wildman–Crippen MR) is 110 cm³/mol. The van der Waals surface area contributed by atoms with Crippen molar-refractivity contribution >= 4 is 17.6 Å². The van der Waals surface area contributed by atoms with E-state index in [1.807, 2.05) is 23.1 Å². The molecule has 31 heavy (non-hydrogen) atoms. The van der Waals surface area contributed by atoms with Crippen LogP contribution in [0.1, 0.15) is 58.6 Å². The zero-order valence-corrected chi connectivity index (χ0v) is 16.7. The summed E-state index contributed by atoms with van der Waals surface area (Å²) < 4.78 is 37.4. The lowest BCUT2D eigenvalue weighted by Crippen LogP contribution is -2.41. The third-order valence-electron chi connectivity index (χ3n) is 6.06. The first-order chi connectivity index (χ1) is 14.8. The molecule has 1 aliphatic carbocycles. The van der Waals surface area contributed by atoms with E-state index >= 15 is 0 Å². The molecular formula is C23H22F3N3O2. The molecule has 2 amide bonds. The number of hydrogen-bond acceptors (Lipinski definition) is 2. The molecular weight excluding hydrogens is 407 g/mol. The monoisotopic (exact) mass is 429 g/mol. The standard InChI is InChI=1S/C23H22F3N3O2/c24-23(25,26)22(31)28-20(27)15-10-11-16-13-29(21(30)18(16)12-15)19-9-5-4-8-17(19)14-6-2-1-3-7-14/h1-3,6-7,10-12,17,19H,4-5,8-9,13H2,(H2,27,28,31). The Morgan fingerprint density at radius 2 is 1.77 bits per heavy atom. The SMILES string of the molecule is NC(=NC(=O)C(F)(F)F)c1ccc2c(c1)C(=O)N(C1CCCCC1c1ccccc1)C2. The Morgan fingerprint density at radius 1 is 1.06 bits per heavy atom. The molecule has 162 valence electrons. The lowest BCUT2D eigenvalue weighted by Gasteiger charge is -2.38. The molecule has 2 aliphatic rings. The van der Waals surface area contributed by atoms with Crippen molar-refractivity contribution in [2.45, 2.75) is 50.4 Å². The quantitative estimate of drug-likeness (QED) is 0.588. The number of nitrogens with two attached hydrogens (primary N) is 1. The lowest BCUT2D eigenvalue weighted by molar-refractivity contribution is -0.169. The second kappa shape index (κ2) is 8.17. The van der Waals surface area contributed by atoms with Crippen molar-refractivity contribution in [3.8, 4) is 0 Å². The molecule has 0 aromatic heterocycles. The van der Waals surface area contributed by atoms with Gasteiger partial charge in [-0.25, -0.2) is 0 Å². The van der Waals surface area contributed by atoms with Gasteiger partial charge < -0.3 is 10.6 Å². The number of hydrogen-bond donors (Lipinski definition) is 1. The Morgan fingerprint density at radius 3 is 2.48 bits per heavy atom. The maximum atomic E-state index is 13.2. The van der Waals surface area contributed by atoms with Crippen molar-refractivity contribution in [2.75, 3.05) is 0 Å². The molecule has 1 fully saturated rings. The number of alkyl halides is 3. The zero-order chi connectivity index (χ0) is 22.2. The Balaban J connectivity index is 1.59. The largest absolute Gasteiger partial charge is 0.473 e. The molecule has 2 aromatic carbocycles. The molecule has 2 aromatic rings. The molecule has 0 saturated heterocycles. The van der Waals surface area contributed by atoms with Crippen LogP contribution in [-0.4, -0.2) is 34.8 Å². The highest BCUT2D eigenvalue weighted by Gasteiger charge is 2.40. The number of amides is 2. The molecule has 2 unspecified atom stereocenters. The van der Waals surface area contributed by atoms with Crippen LogP contribution in [0.5, 0.6) is 0 Å². The second-order valence-corrected chi connectivity index (χ2v) is 7.97. The Labute approximate surface area is 177 Å². The van der Waals surface area contributed by atoms with E-state index in [2.05, 4.69) is 17.1 Å². The molecule has 1 aliphatic heterocycles. The van der Waals surface area contributed by atoms with E-state index in [0.717, 1.165) is 31.2 Å². The van der Waals surface area contributed by atoms with Gasteiger partial charge in [0.1, 0.15) is 5.84 Å². The Bertz CT molecular complexity index is 1030. The lowest BCUT2D eigenvalue weighted by atomic mass is 9.79. The summed E-state index contributed by atoms with van der Waals surface area (Å²) in [7, 11) is 0. The average molecular weight is 429 g/mol. The number of aliphatic imine (C=N–C) groups is 1. The van der Waals surface area contributed by atoms with Gasteiger partial charge in [-0.05, 0) is 30.0 Å². The van der Waals surface area contributed by atoms with Crippen molar-refractivity contribution in [3.63, 3.8) is 0 Å². The van der Waals surface area contributed by atoms with Gasteiger partial charge >= 0.3 is 12.1 Å². The van der Waals surface area contributed by atoms with Crippen molar-refractivity contribution in [1.82, 2.24) is 4.90 Å². The minimum absolute atomic E-state index is 0.0531. The smallest absolute Gasteiger partial charge is 0.383 e. The molecule has 5 nitrogen and oxygen atoms in total. The number of amidine groups is 1. The summed E-state index contributed by atoms with van der Waals surface area (Å²) in [5, 5.41) is 0. The number of benzene rings is 2. The fourth-order valence-corrected chi connectivity index (χ4v) is 4.56. The summed E-state index contributed by atoms with van der Waals surface area (Å²) in [6.45, 7) is 0.445. The first kappa shape index (κ1) is 21.1. The molecule has 2 N–H and O–H groups in total.